The Morgan fingerprint density at radius 1 is 1.24 bits per heavy atom. The van der Waals surface area contributed by atoms with Crippen molar-refractivity contribution in [3.8, 4) is 5.75 Å². The fourth-order valence-electron chi connectivity index (χ4n) is 3.48. The summed E-state index contributed by atoms with van der Waals surface area (Å²) >= 11 is 0. The van der Waals surface area contributed by atoms with E-state index in [0.29, 0.717) is 17.2 Å². The van der Waals surface area contributed by atoms with Crippen molar-refractivity contribution in [1.29, 1.82) is 0 Å². The number of methoxy groups -OCH3 is 1. The fourth-order valence-corrected chi connectivity index (χ4v) is 3.48. The van der Waals surface area contributed by atoms with E-state index >= 15 is 0 Å². The number of hydrogen-bond acceptors (Lipinski definition) is 4. The molecule has 25 heavy (non-hydrogen) atoms. The number of carbonyl (C=O) groups is 1. The zero-order chi connectivity index (χ0) is 17.6. The molecule has 0 aliphatic heterocycles. The molecule has 1 saturated carbocycles. The Balaban J connectivity index is 1.77. The molecule has 1 aromatic heterocycles. The molecule has 5 heteroatoms. The number of nitrogens with zero attached hydrogens (tertiary/aromatic N) is 1. The minimum absolute atomic E-state index is 0.170. The van der Waals surface area contributed by atoms with Crippen molar-refractivity contribution >= 4 is 5.91 Å². The van der Waals surface area contributed by atoms with Gasteiger partial charge in [0.1, 0.15) is 5.75 Å². The zero-order valence-corrected chi connectivity index (χ0v) is 14.4. The van der Waals surface area contributed by atoms with Gasteiger partial charge in [0.25, 0.3) is 5.91 Å². The maximum absolute atomic E-state index is 12.7. The monoisotopic (exact) mass is 340 g/mol. The quantitative estimate of drug-likeness (QED) is 0.847. The van der Waals surface area contributed by atoms with E-state index in [0.717, 1.165) is 18.5 Å². The summed E-state index contributed by atoms with van der Waals surface area (Å²) in [4.78, 5) is 17.1. The summed E-state index contributed by atoms with van der Waals surface area (Å²) in [7, 11) is 1.56. The van der Waals surface area contributed by atoms with Gasteiger partial charge >= 0.3 is 0 Å². The molecular weight excluding hydrogens is 316 g/mol. The van der Waals surface area contributed by atoms with Crippen molar-refractivity contribution in [3.63, 3.8) is 0 Å². The van der Waals surface area contributed by atoms with E-state index in [4.69, 9.17) is 4.74 Å². The van der Waals surface area contributed by atoms with Crippen LogP contribution in [0.5, 0.6) is 5.75 Å². The Morgan fingerprint density at radius 2 is 2.04 bits per heavy atom. The van der Waals surface area contributed by atoms with E-state index in [9.17, 15) is 9.90 Å². The number of rotatable bonds is 6. The molecule has 5 nitrogen and oxygen atoms in total. The van der Waals surface area contributed by atoms with Gasteiger partial charge < -0.3 is 15.2 Å². The molecule has 0 radical (unpaired) electrons. The molecule has 1 aliphatic rings. The first-order chi connectivity index (χ1) is 12.2. The maximum Gasteiger partial charge on any atom is 0.254 e. The van der Waals surface area contributed by atoms with Crippen LogP contribution in [0.1, 0.15) is 49.1 Å². The molecule has 1 fully saturated rings. The number of nitrogens with one attached hydrogen (secondary N) is 1. The van der Waals surface area contributed by atoms with Gasteiger partial charge in [-0.1, -0.05) is 31.0 Å². The Bertz CT molecular complexity index is 699. The molecule has 0 saturated heterocycles. The van der Waals surface area contributed by atoms with Crippen LogP contribution in [0.2, 0.25) is 0 Å². The maximum atomic E-state index is 12.7. The molecule has 3 rings (SSSR count). The van der Waals surface area contributed by atoms with Crippen LogP contribution < -0.4 is 10.1 Å². The predicted octanol–water partition coefficient (Wildman–Crippen LogP) is 3.17. The zero-order valence-electron chi connectivity index (χ0n) is 14.4. The molecule has 132 valence electrons. The van der Waals surface area contributed by atoms with Crippen molar-refractivity contribution in [2.45, 2.75) is 37.8 Å². The molecule has 2 unspecified atom stereocenters. The highest BCUT2D eigenvalue weighted by atomic mass is 16.5. The van der Waals surface area contributed by atoms with E-state index < -0.39 is 12.0 Å². The smallest absolute Gasteiger partial charge is 0.254 e. The summed E-state index contributed by atoms with van der Waals surface area (Å²) in [6.07, 6.45) is 4.97. The fraction of sp³-hybridized carbons (Fsp3) is 0.400. The topological polar surface area (TPSA) is 71.5 Å². The molecule has 2 atom stereocenters. The van der Waals surface area contributed by atoms with Crippen molar-refractivity contribution in [3.05, 3.63) is 59.9 Å². The Kier molecular flexibility index (Phi) is 5.66. The third-order valence-electron chi connectivity index (χ3n) is 4.83. The van der Waals surface area contributed by atoms with Gasteiger partial charge in [0.2, 0.25) is 0 Å². The van der Waals surface area contributed by atoms with Crippen LogP contribution in [0.3, 0.4) is 0 Å². The summed E-state index contributed by atoms with van der Waals surface area (Å²) in [5, 5.41) is 13.5. The Morgan fingerprint density at radius 3 is 2.72 bits per heavy atom. The Labute approximate surface area is 148 Å². The highest BCUT2D eigenvalue weighted by Crippen LogP contribution is 2.35. The summed E-state index contributed by atoms with van der Waals surface area (Å²) in [6, 6.07) is 12.5. The standard InChI is InChI=1S/C20H24N2O3/c1-25-16-10-6-9-15(13-16)19(23)20(24)22-18(14-7-2-3-8-14)17-11-4-5-12-21-17/h4-6,9-14,18-19,23H,2-3,7-8H2,1H3,(H,22,24). The van der Waals surface area contributed by atoms with E-state index in [1.807, 2.05) is 18.2 Å². The van der Waals surface area contributed by atoms with E-state index in [-0.39, 0.29) is 6.04 Å². The third kappa shape index (κ3) is 4.17. The van der Waals surface area contributed by atoms with Gasteiger partial charge in [0.05, 0.1) is 18.8 Å². The lowest BCUT2D eigenvalue weighted by Gasteiger charge is -2.25. The molecule has 1 amide bonds. The van der Waals surface area contributed by atoms with Crippen LogP contribution in [-0.2, 0) is 4.79 Å². The second-order valence-corrected chi connectivity index (χ2v) is 6.46. The highest BCUT2D eigenvalue weighted by Gasteiger charge is 2.30. The number of hydrogen-bond donors (Lipinski definition) is 2. The van der Waals surface area contributed by atoms with E-state index in [1.54, 1.807) is 37.6 Å². The number of benzene rings is 1. The molecule has 1 heterocycles. The van der Waals surface area contributed by atoms with Crippen LogP contribution in [0.15, 0.2) is 48.7 Å². The average Bonchev–Trinajstić information content (AvgIpc) is 3.20. The normalized spacial score (nSPS) is 17.0. The van der Waals surface area contributed by atoms with Gasteiger partial charge in [-0.15, -0.1) is 0 Å². The highest BCUT2D eigenvalue weighted by molar-refractivity contribution is 5.82. The SMILES string of the molecule is COc1cccc(C(O)C(=O)NC(c2ccccn2)C2CCCC2)c1. The van der Waals surface area contributed by atoms with Crippen LogP contribution in [0, 0.1) is 5.92 Å². The van der Waals surface area contributed by atoms with Gasteiger partial charge in [-0.25, -0.2) is 0 Å². The predicted molar refractivity (Wildman–Crippen MR) is 95.0 cm³/mol. The summed E-state index contributed by atoms with van der Waals surface area (Å²) < 4.78 is 5.16. The number of aromatic nitrogens is 1. The third-order valence-corrected chi connectivity index (χ3v) is 4.83. The number of aliphatic hydroxyl groups is 1. The van der Waals surface area contributed by atoms with Crippen molar-refractivity contribution in [2.75, 3.05) is 7.11 Å². The lowest BCUT2D eigenvalue weighted by molar-refractivity contribution is -0.130. The lowest BCUT2D eigenvalue weighted by atomic mass is 9.94. The molecule has 0 bridgehead atoms. The van der Waals surface area contributed by atoms with E-state index in [1.165, 1.54) is 12.8 Å². The second kappa shape index (κ2) is 8.12. The van der Waals surface area contributed by atoms with Gasteiger partial charge in [0.15, 0.2) is 6.10 Å². The van der Waals surface area contributed by atoms with Crippen LogP contribution in [0.25, 0.3) is 0 Å². The van der Waals surface area contributed by atoms with Gasteiger partial charge in [0, 0.05) is 6.20 Å². The Hall–Kier alpha value is -2.40. The molecule has 0 spiro atoms. The largest absolute Gasteiger partial charge is 0.497 e. The van der Waals surface area contributed by atoms with Crippen LogP contribution in [0.4, 0.5) is 0 Å². The first-order valence-electron chi connectivity index (χ1n) is 8.72. The summed E-state index contributed by atoms with van der Waals surface area (Å²) in [5.74, 6) is 0.564. The molecule has 1 aliphatic carbocycles. The second-order valence-electron chi connectivity index (χ2n) is 6.46. The number of carbonyl (C=O) groups excluding carboxylic acids is 1. The number of pyridine rings is 1. The first-order valence-corrected chi connectivity index (χ1v) is 8.72. The molecule has 1 aromatic carbocycles. The van der Waals surface area contributed by atoms with Gasteiger partial charge in [-0.2, -0.15) is 0 Å². The van der Waals surface area contributed by atoms with Crippen molar-refractivity contribution in [2.24, 2.45) is 5.92 Å². The summed E-state index contributed by atoms with van der Waals surface area (Å²) in [5.41, 5.74) is 1.36. The van der Waals surface area contributed by atoms with Crippen molar-refractivity contribution < 1.29 is 14.6 Å². The van der Waals surface area contributed by atoms with E-state index in [2.05, 4.69) is 10.3 Å². The number of ether oxygens (including phenoxy) is 1. The first kappa shape index (κ1) is 17.4. The molecule has 2 N–H and O–H groups in total. The number of amides is 1. The minimum atomic E-state index is -1.23. The molecular formula is C20H24N2O3. The molecule has 2 aromatic rings. The van der Waals surface area contributed by atoms with Gasteiger partial charge in [-0.05, 0) is 48.6 Å². The van der Waals surface area contributed by atoms with Gasteiger partial charge in [-0.3, -0.25) is 9.78 Å². The minimum Gasteiger partial charge on any atom is -0.497 e. The average molecular weight is 340 g/mol. The number of aliphatic hydroxyl groups excluding tert-OH is 1. The van der Waals surface area contributed by atoms with Crippen LogP contribution >= 0.6 is 0 Å². The van der Waals surface area contributed by atoms with Crippen molar-refractivity contribution in [1.82, 2.24) is 10.3 Å². The van der Waals surface area contributed by atoms with Crippen LogP contribution in [-0.4, -0.2) is 23.1 Å². The summed E-state index contributed by atoms with van der Waals surface area (Å²) in [6.45, 7) is 0. The lowest BCUT2D eigenvalue weighted by Crippen LogP contribution is -2.36.